The summed E-state index contributed by atoms with van der Waals surface area (Å²) in [5.41, 5.74) is 0. The summed E-state index contributed by atoms with van der Waals surface area (Å²) in [6.45, 7) is 2.63. The highest BCUT2D eigenvalue weighted by molar-refractivity contribution is 7.11. The van der Waals surface area contributed by atoms with Crippen molar-refractivity contribution in [3.63, 3.8) is 0 Å². The first kappa shape index (κ1) is 9.55. The predicted molar refractivity (Wildman–Crippen MR) is 51.6 cm³/mol. The molecule has 0 saturated carbocycles. The number of halogens is 1. The topological polar surface area (TPSA) is 29.1 Å². The highest BCUT2D eigenvalue weighted by Crippen LogP contribution is 2.14. The van der Waals surface area contributed by atoms with E-state index >= 15 is 0 Å². The van der Waals surface area contributed by atoms with Crippen molar-refractivity contribution >= 4 is 28.8 Å². The number of nitrogens with one attached hydrogen (secondary N) is 1. The maximum Gasteiger partial charge on any atom is 0.235 e. The van der Waals surface area contributed by atoms with Gasteiger partial charge in [0.2, 0.25) is 5.91 Å². The van der Waals surface area contributed by atoms with Crippen LogP contribution in [0.1, 0.15) is 9.75 Å². The Morgan fingerprint density at radius 3 is 2.92 bits per heavy atom. The minimum atomic E-state index is -0.122. The fourth-order valence-electron chi connectivity index (χ4n) is 0.813. The summed E-state index contributed by atoms with van der Waals surface area (Å²) in [7, 11) is 0. The molecule has 0 spiro atoms. The van der Waals surface area contributed by atoms with Crippen molar-refractivity contribution in [3.05, 3.63) is 21.9 Å². The third-order valence-corrected chi connectivity index (χ3v) is 2.62. The van der Waals surface area contributed by atoms with Gasteiger partial charge < -0.3 is 5.32 Å². The Hall–Kier alpha value is -0.540. The van der Waals surface area contributed by atoms with E-state index in [0.717, 1.165) is 4.88 Å². The number of carbonyl (C=O) groups is 1. The SMILES string of the molecule is Cc1ccc(CNC(=O)CCl)s1. The lowest BCUT2D eigenvalue weighted by atomic mass is 10.4. The Morgan fingerprint density at radius 2 is 2.42 bits per heavy atom. The summed E-state index contributed by atoms with van der Waals surface area (Å²) in [4.78, 5) is 13.2. The second-order valence-electron chi connectivity index (χ2n) is 2.42. The van der Waals surface area contributed by atoms with Crippen LogP contribution in [0.3, 0.4) is 0 Å². The molecular weight excluding hydrogens is 194 g/mol. The molecule has 0 fully saturated rings. The molecule has 12 heavy (non-hydrogen) atoms. The van der Waals surface area contributed by atoms with Crippen LogP contribution in [-0.2, 0) is 11.3 Å². The quantitative estimate of drug-likeness (QED) is 0.748. The predicted octanol–water partition coefficient (Wildman–Crippen LogP) is 1.91. The molecule has 0 aliphatic carbocycles. The van der Waals surface area contributed by atoms with Crippen LogP contribution in [-0.4, -0.2) is 11.8 Å². The molecule has 66 valence electrons. The minimum Gasteiger partial charge on any atom is -0.350 e. The molecule has 0 unspecified atom stereocenters. The van der Waals surface area contributed by atoms with Gasteiger partial charge in [0, 0.05) is 9.75 Å². The molecule has 1 amide bonds. The molecule has 1 aromatic heterocycles. The fraction of sp³-hybridized carbons (Fsp3) is 0.375. The summed E-state index contributed by atoms with van der Waals surface area (Å²) in [5, 5.41) is 2.70. The lowest BCUT2D eigenvalue weighted by Gasteiger charge is -1.98. The van der Waals surface area contributed by atoms with Crippen LogP contribution >= 0.6 is 22.9 Å². The van der Waals surface area contributed by atoms with E-state index in [2.05, 4.69) is 5.32 Å². The number of carbonyl (C=O) groups excluding carboxylic acids is 1. The molecular formula is C8H10ClNOS. The van der Waals surface area contributed by atoms with Crippen molar-refractivity contribution in [2.45, 2.75) is 13.5 Å². The summed E-state index contributed by atoms with van der Waals surface area (Å²) >= 11 is 7.00. The maximum atomic E-state index is 10.8. The van der Waals surface area contributed by atoms with Gasteiger partial charge in [-0.25, -0.2) is 0 Å². The highest BCUT2D eigenvalue weighted by Gasteiger charge is 1.99. The molecule has 0 aromatic carbocycles. The number of hydrogen-bond acceptors (Lipinski definition) is 2. The Balaban J connectivity index is 2.38. The second-order valence-corrected chi connectivity index (χ2v) is 4.06. The van der Waals surface area contributed by atoms with E-state index in [1.807, 2.05) is 19.1 Å². The third kappa shape index (κ3) is 2.83. The number of aryl methyl sites for hydroxylation is 1. The Labute approximate surface area is 80.5 Å². The molecule has 0 saturated heterocycles. The fourth-order valence-corrected chi connectivity index (χ4v) is 1.74. The summed E-state index contributed by atoms with van der Waals surface area (Å²) in [5.74, 6) is -0.0904. The van der Waals surface area contributed by atoms with Gasteiger partial charge in [-0.05, 0) is 19.1 Å². The van der Waals surface area contributed by atoms with Crippen molar-refractivity contribution < 1.29 is 4.79 Å². The molecule has 1 rings (SSSR count). The lowest BCUT2D eigenvalue weighted by molar-refractivity contribution is -0.118. The third-order valence-electron chi connectivity index (χ3n) is 1.38. The summed E-state index contributed by atoms with van der Waals surface area (Å²) in [6.07, 6.45) is 0. The zero-order valence-electron chi connectivity index (χ0n) is 6.76. The van der Waals surface area contributed by atoms with Gasteiger partial charge in [-0.1, -0.05) is 0 Å². The van der Waals surface area contributed by atoms with E-state index < -0.39 is 0 Å². The number of alkyl halides is 1. The largest absolute Gasteiger partial charge is 0.350 e. The lowest BCUT2D eigenvalue weighted by Crippen LogP contribution is -2.23. The van der Waals surface area contributed by atoms with E-state index in [-0.39, 0.29) is 11.8 Å². The summed E-state index contributed by atoms with van der Waals surface area (Å²) in [6, 6.07) is 4.04. The van der Waals surface area contributed by atoms with Crippen LogP contribution in [0.25, 0.3) is 0 Å². The minimum absolute atomic E-state index is 0.0321. The number of thiophene rings is 1. The van der Waals surface area contributed by atoms with Crippen LogP contribution in [0, 0.1) is 6.92 Å². The van der Waals surface area contributed by atoms with Crippen LogP contribution < -0.4 is 5.32 Å². The average Bonchev–Trinajstić information content (AvgIpc) is 2.47. The molecule has 0 bridgehead atoms. The van der Waals surface area contributed by atoms with Crippen LogP contribution in [0.5, 0.6) is 0 Å². The number of hydrogen-bond donors (Lipinski definition) is 1. The van der Waals surface area contributed by atoms with Crippen molar-refractivity contribution in [3.8, 4) is 0 Å². The van der Waals surface area contributed by atoms with Crippen molar-refractivity contribution in [2.24, 2.45) is 0 Å². The molecule has 0 aliphatic heterocycles. The molecule has 2 nitrogen and oxygen atoms in total. The Kier molecular flexibility index (Phi) is 3.56. The maximum absolute atomic E-state index is 10.8. The van der Waals surface area contributed by atoms with Crippen molar-refractivity contribution in [2.75, 3.05) is 5.88 Å². The van der Waals surface area contributed by atoms with Crippen LogP contribution in [0.2, 0.25) is 0 Å². The van der Waals surface area contributed by atoms with Crippen molar-refractivity contribution in [1.82, 2.24) is 5.32 Å². The summed E-state index contributed by atoms with van der Waals surface area (Å²) < 4.78 is 0. The van der Waals surface area contributed by atoms with Gasteiger partial charge in [-0.3, -0.25) is 4.79 Å². The van der Waals surface area contributed by atoms with Crippen molar-refractivity contribution in [1.29, 1.82) is 0 Å². The van der Waals surface area contributed by atoms with E-state index in [1.54, 1.807) is 11.3 Å². The smallest absolute Gasteiger partial charge is 0.235 e. The van der Waals surface area contributed by atoms with Gasteiger partial charge in [0.1, 0.15) is 5.88 Å². The number of rotatable bonds is 3. The van der Waals surface area contributed by atoms with Crippen LogP contribution in [0.4, 0.5) is 0 Å². The molecule has 0 radical (unpaired) electrons. The van der Waals surface area contributed by atoms with Gasteiger partial charge in [-0.2, -0.15) is 0 Å². The molecule has 1 heterocycles. The first-order valence-corrected chi connectivity index (χ1v) is 4.95. The Morgan fingerprint density at radius 1 is 1.67 bits per heavy atom. The zero-order chi connectivity index (χ0) is 8.97. The first-order chi connectivity index (χ1) is 5.72. The normalized spacial score (nSPS) is 9.83. The Bertz CT molecular complexity index is 272. The van der Waals surface area contributed by atoms with Crippen LogP contribution in [0.15, 0.2) is 12.1 Å². The monoisotopic (exact) mass is 203 g/mol. The molecule has 1 N–H and O–H groups in total. The second kappa shape index (κ2) is 4.48. The highest BCUT2D eigenvalue weighted by atomic mass is 35.5. The average molecular weight is 204 g/mol. The van der Waals surface area contributed by atoms with Gasteiger partial charge in [-0.15, -0.1) is 22.9 Å². The van der Waals surface area contributed by atoms with E-state index in [4.69, 9.17) is 11.6 Å². The van der Waals surface area contributed by atoms with E-state index in [1.165, 1.54) is 4.88 Å². The van der Waals surface area contributed by atoms with Gasteiger partial charge >= 0.3 is 0 Å². The van der Waals surface area contributed by atoms with Gasteiger partial charge in [0.05, 0.1) is 6.54 Å². The molecule has 0 aliphatic rings. The van der Waals surface area contributed by atoms with E-state index in [0.29, 0.717) is 6.54 Å². The number of amides is 1. The first-order valence-electron chi connectivity index (χ1n) is 3.60. The van der Waals surface area contributed by atoms with E-state index in [9.17, 15) is 4.79 Å². The molecule has 0 atom stereocenters. The molecule has 4 heteroatoms. The molecule has 1 aromatic rings. The van der Waals surface area contributed by atoms with Gasteiger partial charge in [0.25, 0.3) is 0 Å². The standard InChI is InChI=1S/C8H10ClNOS/c1-6-2-3-7(12-6)5-10-8(11)4-9/h2-3H,4-5H2,1H3,(H,10,11). The zero-order valence-corrected chi connectivity index (χ0v) is 8.34. The van der Waals surface area contributed by atoms with Gasteiger partial charge in [0.15, 0.2) is 0 Å².